The molecule has 0 amide bonds. The Kier molecular flexibility index (Phi) is 6.53. The first-order chi connectivity index (χ1) is 24.8. The lowest BCUT2D eigenvalue weighted by Crippen LogP contribution is -1.96. The van der Waals surface area contributed by atoms with Crippen LogP contribution in [-0.4, -0.2) is 9.13 Å². The van der Waals surface area contributed by atoms with Gasteiger partial charge in [0.2, 0.25) is 0 Å². The molecule has 0 radical (unpaired) electrons. The SMILES string of the molecule is c1ccc(-c2ccc(-n3c4ccccc4c4cc(-c5ccc6c(c5)c5ccccc5n6-c5ccccc5)ccc43)cc2-c2ccccc2)cc1. The van der Waals surface area contributed by atoms with E-state index in [0.717, 1.165) is 5.69 Å². The van der Waals surface area contributed by atoms with E-state index in [9.17, 15) is 0 Å². The van der Waals surface area contributed by atoms with Crippen molar-refractivity contribution in [3.63, 3.8) is 0 Å². The Morgan fingerprint density at radius 1 is 0.240 bits per heavy atom. The maximum Gasteiger partial charge on any atom is 0.0541 e. The molecule has 0 aliphatic carbocycles. The van der Waals surface area contributed by atoms with Crippen molar-refractivity contribution in [3.8, 4) is 44.8 Å². The first kappa shape index (κ1) is 28.4. The van der Waals surface area contributed by atoms with Gasteiger partial charge in [-0.1, -0.05) is 133 Å². The molecule has 0 aliphatic rings. The maximum atomic E-state index is 2.42. The zero-order chi connectivity index (χ0) is 33.0. The summed E-state index contributed by atoms with van der Waals surface area (Å²) < 4.78 is 4.80. The van der Waals surface area contributed by atoms with Gasteiger partial charge in [0.15, 0.2) is 0 Å². The molecule has 0 bridgehead atoms. The van der Waals surface area contributed by atoms with Crippen molar-refractivity contribution in [2.24, 2.45) is 0 Å². The first-order valence-electron chi connectivity index (χ1n) is 17.2. The second-order valence-corrected chi connectivity index (χ2v) is 13.0. The molecule has 2 aromatic heterocycles. The Bertz CT molecular complexity index is 2840. The Morgan fingerprint density at radius 2 is 0.680 bits per heavy atom. The monoisotopic (exact) mass is 636 g/mol. The fraction of sp³-hybridized carbons (Fsp3) is 0. The highest BCUT2D eigenvalue weighted by molar-refractivity contribution is 6.12. The molecule has 0 spiro atoms. The fourth-order valence-corrected chi connectivity index (χ4v) is 7.84. The fourth-order valence-electron chi connectivity index (χ4n) is 7.84. The summed E-state index contributed by atoms with van der Waals surface area (Å²) in [4.78, 5) is 0. The van der Waals surface area contributed by atoms with Crippen molar-refractivity contribution in [3.05, 3.63) is 194 Å². The van der Waals surface area contributed by atoms with Crippen LogP contribution in [-0.2, 0) is 0 Å². The van der Waals surface area contributed by atoms with Crippen LogP contribution in [0, 0.1) is 0 Å². The Balaban J connectivity index is 1.15. The largest absolute Gasteiger partial charge is 0.309 e. The average Bonchev–Trinajstić information content (AvgIpc) is 3.71. The quantitative estimate of drug-likeness (QED) is 0.178. The minimum atomic E-state index is 1.15. The molecule has 234 valence electrons. The van der Waals surface area contributed by atoms with Crippen molar-refractivity contribution in [1.29, 1.82) is 0 Å². The van der Waals surface area contributed by atoms with Crippen LogP contribution in [0.1, 0.15) is 0 Å². The van der Waals surface area contributed by atoms with Gasteiger partial charge in [-0.15, -0.1) is 0 Å². The molecule has 10 aromatic rings. The molecule has 0 saturated carbocycles. The number of para-hydroxylation sites is 3. The zero-order valence-corrected chi connectivity index (χ0v) is 27.4. The van der Waals surface area contributed by atoms with E-state index in [0.29, 0.717) is 0 Å². The predicted octanol–water partition coefficient (Wildman–Crippen LogP) is 12.9. The molecule has 2 heterocycles. The normalized spacial score (nSPS) is 11.6. The lowest BCUT2D eigenvalue weighted by molar-refractivity contribution is 1.18. The molecule has 0 unspecified atom stereocenters. The minimum absolute atomic E-state index is 1.15. The van der Waals surface area contributed by atoms with Crippen LogP contribution in [0.15, 0.2) is 194 Å². The second kappa shape index (κ2) is 11.5. The van der Waals surface area contributed by atoms with Gasteiger partial charge in [0, 0.05) is 32.9 Å². The molecule has 2 nitrogen and oxygen atoms in total. The number of hydrogen-bond donors (Lipinski definition) is 0. The number of hydrogen-bond acceptors (Lipinski definition) is 0. The number of fused-ring (bicyclic) bond motifs is 6. The summed E-state index contributed by atoms with van der Waals surface area (Å²) in [5, 5.41) is 5.02. The average molecular weight is 637 g/mol. The number of aromatic nitrogens is 2. The number of benzene rings is 8. The number of nitrogens with zero attached hydrogens (tertiary/aromatic N) is 2. The van der Waals surface area contributed by atoms with E-state index in [4.69, 9.17) is 0 Å². The second-order valence-electron chi connectivity index (χ2n) is 13.0. The summed E-state index contributed by atoms with van der Waals surface area (Å²) in [6, 6.07) is 70.4. The third-order valence-electron chi connectivity index (χ3n) is 10.1. The van der Waals surface area contributed by atoms with Gasteiger partial charge in [0.25, 0.3) is 0 Å². The highest BCUT2D eigenvalue weighted by atomic mass is 15.0. The van der Waals surface area contributed by atoms with Crippen molar-refractivity contribution in [2.75, 3.05) is 0 Å². The molecular formula is C48H32N2. The molecule has 2 heteroatoms. The van der Waals surface area contributed by atoms with Crippen molar-refractivity contribution in [2.45, 2.75) is 0 Å². The maximum absolute atomic E-state index is 2.42. The van der Waals surface area contributed by atoms with E-state index in [2.05, 4.69) is 203 Å². The van der Waals surface area contributed by atoms with Gasteiger partial charge in [-0.2, -0.15) is 0 Å². The Labute approximate surface area is 290 Å². The molecule has 0 saturated heterocycles. The lowest BCUT2D eigenvalue weighted by atomic mass is 9.94. The van der Waals surface area contributed by atoms with Gasteiger partial charge < -0.3 is 9.13 Å². The van der Waals surface area contributed by atoms with E-state index >= 15 is 0 Å². The lowest BCUT2D eigenvalue weighted by Gasteiger charge is -2.15. The van der Waals surface area contributed by atoms with E-state index < -0.39 is 0 Å². The van der Waals surface area contributed by atoms with Gasteiger partial charge in [-0.05, 0) is 94.0 Å². The van der Waals surface area contributed by atoms with Crippen LogP contribution in [0.5, 0.6) is 0 Å². The van der Waals surface area contributed by atoms with Crippen LogP contribution in [0.3, 0.4) is 0 Å². The van der Waals surface area contributed by atoms with Gasteiger partial charge in [0.05, 0.1) is 22.1 Å². The Morgan fingerprint density at radius 3 is 1.24 bits per heavy atom. The van der Waals surface area contributed by atoms with Crippen LogP contribution in [0.25, 0.3) is 88.4 Å². The number of rotatable bonds is 5. The molecule has 8 aromatic carbocycles. The molecule has 50 heavy (non-hydrogen) atoms. The van der Waals surface area contributed by atoms with Crippen LogP contribution >= 0.6 is 0 Å². The van der Waals surface area contributed by atoms with Crippen LogP contribution in [0.4, 0.5) is 0 Å². The summed E-state index contributed by atoms with van der Waals surface area (Å²) in [6.45, 7) is 0. The summed E-state index contributed by atoms with van der Waals surface area (Å²) in [6.07, 6.45) is 0. The first-order valence-corrected chi connectivity index (χ1v) is 17.2. The van der Waals surface area contributed by atoms with E-state index in [1.165, 1.54) is 82.7 Å². The standard InChI is InChI=1S/C48H32N2/c1-4-14-33(15-5-1)39-27-26-38(32-42(39)34-16-6-2-7-17-34)50-46-23-13-11-21-41(46)44-31-36(25-29-48(44)50)35-24-28-47-43(30-35)40-20-10-12-22-45(40)49(47)37-18-8-3-9-19-37/h1-32H. The summed E-state index contributed by atoms with van der Waals surface area (Å²) in [5.41, 5.74) is 14.5. The van der Waals surface area contributed by atoms with Crippen molar-refractivity contribution < 1.29 is 0 Å². The van der Waals surface area contributed by atoms with Gasteiger partial charge >= 0.3 is 0 Å². The smallest absolute Gasteiger partial charge is 0.0541 e. The van der Waals surface area contributed by atoms with E-state index in [1.807, 2.05) is 0 Å². The van der Waals surface area contributed by atoms with Crippen LogP contribution in [0.2, 0.25) is 0 Å². The molecule has 0 fully saturated rings. The molecule has 0 N–H and O–H groups in total. The zero-order valence-electron chi connectivity index (χ0n) is 27.4. The van der Waals surface area contributed by atoms with Gasteiger partial charge in [-0.3, -0.25) is 0 Å². The molecular weight excluding hydrogens is 605 g/mol. The van der Waals surface area contributed by atoms with Crippen molar-refractivity contribution in [1.82, 2.24) is 9.13 Å². The Hall–Kier alpha value is -6.64. The molecule has 0 atom stereocenters. The van der Waals surface area contributed by atoms with Gasteiger partial charge in [0.1, 0.15) is 0 Å². The highest BCUT2D eigenvalue weighted by Gasteiger charge is 2.17. The van der Waals surface area contributed by atoms with Crippen molar-refractivity contribution >= 4 is 43.6 Å². The van der Waals surface area contributed by atoms with Crippen LogP contribution < -0.4 is 0 Å². The minimum Gasteiger partial charge on any atom is -0.309 e. The molecule has 10 rings (SSSR count). The van der Waals surface area contributed by atoms with E-state index in [-0.39, 0.29) is 0 Å². The molecule has 0 aliphatic heterocycles. The third-order valence-corrected chi connectivity index (χ3v) is 10.1. The highest BCUT2D eigenvalue weighted by Crippen LogP contribution is 2.40. The summed E-state index contributed by atoms with van der Waals surface area (Å²) in [7, 11) is 0. The van der Waals surface area contributed by atoms with Gasteiger partial charge in [-0.25, -0.2) is 0 Å². The summed E-state index contributed by atoms with van der Waals surface area (Å²) >= 11 is 0. The third kappa shape index (κ3) is 4.50. The predicted molar refractivity (Wildman–Crippen MR) is 211 cm³/mol. The topological polar surface area (TPSA) is 9.86 Å². The van der Waals surface area contributed by atoms with E-state index in [1.54, 1.807) is 0 Å². The summed E-state index contributed by atoms with van der Waals surface area (Å²) in [5.74, 6) is 0.